The van der Waals surface area contributed by atoms with Crippen molar-refractivity contribution >= 4 is 29.0 Å². The van der Waals surface area contributed by atoms with Crippen LogP contribution in [-0.2, 0) is 11.3 Å². The quantitative estimate of drug-likeness (QED) is 0.532. The summed E-state index contributed by atoms with van der Waals surface area (Å²) < 4.78 is 13.5. The number of rotatable bonds is 7. The number of nitrogens with zero attached hydrogens (tertiary/aromatic N) is 3. The first-order chi connectivity index (χ1) is 15.5. The van der Waals surface area contributed by atoms with Gasteiger partial charge in [0.15, 0.2) is 16.7 Å². The summed E-state index contributed by atoms with van der Waals surface area (Å²) in [6.45, 7) is 5.83. The van der Waals surface area contributed by atoms with Crippen LogP contribution in [0.25, 0.3) is 11.3 Å². The Labute approximate surface area is 192 Å². The van der Waals surface area contributed by atoms with Gasteiger partial charge in [-0.1, -0.05) is 11.8 Å². The minimum atomic E-state index is -0.302. The molecule has 1 aliphatic rings. The number of fused-ring (bicyclic) bond motifs is 1. The molecule has 0 saturated carbocycles. The Hall–Kier alpha value is -3.13. The van der Waals surface area contributed by atoms with Crippen molar-refractivity contribution in [3.63, 3.8) is 0 Å². The highest BCUT2D eigenvalue weighted by Crippen LogP contribution is 2.36. The van der Waals surface area contributed by atoms with Crippen LogP contribution < -0.4 is 19.7 Å². The average molecular weight is 453 g/mol. The van der Waals surface area contributed by atoms with Crippen LogP contribution in [0, 0.1) is 0 Å². The number of nitrogens with one attached hydrogen (secondary N) is 1. The second kappa shape index (κ2) is 9.56. The molecule has 4 rings (SSSR count). The van der Waals surface area contributed by atoms with E-state index in [0.717, 1.165) is 45.8 Å². The van der Waals surface area contributed by atoms with Gasteiger partial charge in [-0.05, 0) is 56.3 Å². The van der Waals surface area contributed by atoms with Crippen LogP contribution in [-0.4, -0.2) is 48.0 Å². The van der Waals surface area contributed by atoms with Crippen LogP contribution >= 0.6 is 11.8 Å². The summed E-state index contributed by atoms with van der Waals surface area (Å²) in [6.07, 6.45) is 1.85. The van der Waals surface area contributed by atoms with Gasteiger partial charge in [0.05, 0.1) is 17.1 Å². The van der Waals surface area contributed by atoms with Gasteiger partial charge in [0.2, 0.25) is 5.91 Å². The fourth-order valence-electron chi connectivity index (χ4n) is 3.49. The van der Waals surface area contributed by atoms with E-state index in [1.807, 2.05) is 74.6 Å². The summed E-state index contributed by atoms with van der Waals surface area (Å²) in [6, 6.07) is 13.7. The van der Waals surface area contributed by atoms with Crippen LogP contribution in [0.2, 0.25) is 0 Å². The van der Waals surface area contributed by atoms with E-state index in [2.05, 4.69) is 21.8 Å². The Morgan fingerprint density at radius 2 is 1.88 bits per heavy atom. The van der Waals surface area contributed by atoms with Crippen molar-refractivity contribution in [3.8, 4) is 22.8 Å². The van der Waals surface area contributed by atoms with E-state index in [1.54, 1.807) is 0 Å². The molecule has 0 radical (unpaired) electrons. The standard InChI is InChI=1S/C24H28N4O3S/c1-5-28-20(17-6-11-21-22(14-17)31-13-12-30-21)15-25-24(28)32-16(2)23(29)26-18-7-9-19(10-8-18)27(3)4/h6-11,14-16H,5,12-13H2,1-4H3,(H,26,29)/t16-/m0/s1. The average Bonchev–Trinajstić information content (AvgIpc) is 3.21. The Kier molecular flexibility index (Phi) is 6.60. The number of carbonyl (C=O) groups excluding carboxylic acids is 1. The van der Waals surface area contributed by atoms with Crippen molar-refractivity contribution in [2.45, 2.75) is 30.8 Å². The molecule has 1 aromatic heterocycles. The van der Waals surface area contributed by atoms with Crippen LogP contribution in [0.3, 0.4) is 0 Å². The number of hydrogen-bond donors (Lipinski definition) is 1. The lowest BCUT2D eigenvalue weighted by Crippen LogP contribution is -2.23. The number of imidazole rings is 1. The fourth-order valence-corrected chi connectivity index (χ4v) is 4.44. The van der Waals surface area contributed by atoms with E-state index in [0.29, 0.717) is 13.2 Å². The molecule has 0 bridgehead atoms. The predicted molar refractivity (Wildman–Crippen MR) is 129 cm³/mol. The molecule has 32 heavy (non-hydrogen) atoms. The summed E-state index contributed by atoms with van der Waals surface area (Å²) in [5.41, 5.74) is 3.86. The number of thioether (sulfide) groups is 1. The first-order valence-corrected chi connectivity index (χ1v) is 11.5. The number of hydrogen-bond acceptors (Lipinski definition) is 6. The molecule has 8 heteroatoms. The molecule has 2 heterocycles. The molecule has 1 amide bonds. The minimum Gasteiger partial charge on any atom is -0.486 e. The second-order valence-corrected chi connectivity index (χ2v) is 9.03. The maximum atomic E-state index is 12.8. The molecule has 2 aromatic carbocycles. The van der Waals surface area contributed by atoms with Crippen LogP contribution in [0.1, 0.15) is 13.8 Å². The van der Waals surface area contributed by atoms with E-state index in [1.165, 1.54) is 11.8 Å². The lowest BCUT2D eigenvalue weighted by molar-refractivity contribution is -0.115. The van der Waals surface area contributed by atoms with Gasteiger partial charge in [-0.3, -0.25) is 4.79 Å². The smallest absolute Gasteiger partial charge is 0.237 e. The topological polar surface area (TPSA) is 68.6 Å². The number of anilines is 2. The van der Waals surface area contributed by atoms with Crippen molar-refractivity contribution in [1.29, 1.82) is 0 Å². The maximum absolute atomic E-state index is 12.8. The van der Waals surface area contributed by atoms with Gasteiger partial charge in [-0.25, -0.2) is 4.98 Å². The number of carbonyl (C=O) groups is 1. The molecule has 0 fully saturated rings. The van der Waals surface area contributed by atoms with Gasteiger partial charge in [0, 0.05) is 37.6 Å². The molecule has 0 saturated heterocycles. The van der Waals surface area contributed by atoms with E-state index in [4.69, 9.17) is 9.47 Å². The highest BCUT2D eigenvalue weighted by Gasteiger charge is 2.20. The molecule has 0 aliphatic carbocycles. The van der Waals surface area contributed by atoms with Gasteiger partial charge in [-0.2, -0.15) is 0 Å². The monoisotopic (exact) mass is 452 g/mol. The summed E-state index contributed by atoms with van der Waals surface area (Å²) >= 11 is 1.45. The summed E-state index contributed by atoms with van der Waals surface area (Å²) in [5, 5.41) is 3.50. The zero-order chi connectivity index (χ0) is 22.7. The first-order valence-electron chi connectivity index (χ1n) is 10.7. The normalized spacial score (nSPS) is 13.5. The number of benzene rings is 2. The molecular weight excluding hydrogens is 424 g/mol. The largest absolute Gasteiger partial charge is 0.486 e. The number of ether oxygens (including phenoxy) is 2. The van der Waals surface area contributed by atoms with Gasteiger partial charge in [-0.15, -0.1) is 0 Å². The highest BCUT2D eigenvalue weighted by molar-refractivity contribution is 8.00. The summed E-state index contributed by atoms with van der Waals surface area (Å²) in [7, 11) is 3.97. The summed E-state index contributed by atoms with van der Waals surface area (Å²) in [4.78, 5) is 19.4. The van der Waals surface area contributed by atoms with Gasteiger partial charge in [0.1, 0.15) is 13.2 Å². The van der Waals surface area contributed by atoms with E-state index >= 15 is 0 Å². The molecule has 1 N–H and O–H groups in total. The number of aromatic nitrogens is 2. The molecule has 168 valence electrons. The van der Waals surface area contributed by atoms with Crippen LogP contribution in [0.4, 0.5) is 11.4 Å². The van der Waals surface area contributed by atoms with Crippen molar-refractivity contribution in [1.82, 2.24) is 9.55 Å². The first kappa shape index (κ1) is 22.1. The number of amides is 1. The highest BCUT2D eigenvalue weighted by atomic mass is 32.2. The Bertz CT molecular complexity index is 1100. The van der Waals surface area contributed by atoms with Crippen molar-refractivity contribution in [2.24, 2.45) is 0 Å². The van der Waals surface area contributed by atoms with Crippen molar-refractivity contribution in [3.05, 3.63) is 48.7 Å². The molecule has 0 unspecified atom stereocenters. The zero-order valence-corrected chi connectivity index (χ0v) is 19.6. The Morgan fingerprint density at radius 3 is 2.56 bits per heavy atom. The van der Waals surface area contributed by atoms with Gasteiger partial charge < -0.3 is 24.3 Å². The lowest BCUT2D eigenvalue weighted by Gasteiger charge is -2.19. The van der Waals surface area contributed by atoms with Crippen LogP contribution in [0.5, 0.6) is 11.5 Å². The van der Waals surface area contributed by atoms with E-state index in [-0.39, 0.29) is 11.2 Å². The van der Waals surface area contributed by atoms with Gasteiger partial charge >= 0.3 is 0 Å². The Morgan fingerprint density at radius 1 is 1.16 bits per heavy atom. The summed E-state index contributed by atoms with van der Waals surface area (Å²) in [5.74, 6) is 1.46. The second-order valence-electron chi connectivity index (χ2n) is 7.72. The third-order valence-corrected chi connectivity index (χ3v) is 6.38. The third-order valence-electron chi connectivity index (χ3n) is 5.28. The molecule has 3 aromatic rings. The van der Waals surface area contributed by atoms with E-state index < -0.39 is 0 Å². The maximum Gasteiger partial charge on any atom is 0.237 e. The zero-order valence-electron chi connectivity index (χ0n) is 18.8. The fraction of sp³-hybridized carbons (Fsp3) is 0.333. The SMILES string of the molecule is CCn1c(-c2ccc3c(c2)OCCO3)cnc1S[C@@H](C)C(=O)Nc1ccc(N(C)C)cc1. The predicted octanol–water partition coefficient (Wildman–Crippen LogP) is 4.53. The molecule has 7 nitrogen and oxygen atoms in total. The third kappa shape index (κ3) is 4.70. The van der Waals surface area contributed by atoms with Crippen molar-refractivity contribution in [2.75, 3.05) is 37.5 Å². The van der Waals surface area contributed by atoms with Crippen LogP contribution in [0.15, 0.2) is 53.8 Å². The molecule has 0 spiro atoms. The molecule has 1 atom stereocenters. The molecular formula is C24H28N4O3S. The Balaban J connectivity index is 1.47. The lowest BCUT2D eigenvalue weighted by atomic mass is 10.1. The minimum absolute atomic E-state index is 0.0564. The van der Waals surface area contributed by atoms with Gasteiger partial charge in [0.25, 0.3) is 0 Å². The van der Waals surface area contributed by atoms with E-state index in [9.17, 15) is 4.79 Å². The molecule has 1 aliphatic heterocycles. The van der Waals surface area contributed by atoms with Crippen molar-refractivity contribution < 1.29 is 14.3 Å².